The molecule has 3 heterocycles. The lowest BCUT2D eigenvalue weighted by molar-refractivity contribution is 0.166. The number of likely N-dealkylation sites (tertiary alicyclic amines) is 1. The monoisotopic (exact) mass is 290 g/mol. The third-order valence-electron chi connectivity index (χ3n) is 4.21. The number of hydrogen-bond acceptors (Lipinski definition) is 4. The van der Waals surface area contributed by atoms with Gasteiger partial charge in [-0.05, 0) is 32.2 Å². The molecule has 0 aliphatic carbocycles. The minimum atomic E-state index is 0.734. The van der Waals surface area contributed by atoms with E-state index < -0.39 is 0 Å². The molecule has 20 heavy (non-hydrogen) atoms. The summed E-state index contributed by atoms with van der Waals surface area (Å²) in [5, 5.41) is 0. The van der Waals surface area contributed by atoms with Gasteiger partial charge in [0.25, 0.3) is 0 Å². The molecule has 108 valence electrons. The van der Waals surface area contributed by atoms with E-state index in [1.807, 2.05) is 17.9 Å². The van der Waals surface area contributed by atoms with E-state index >= 15 is 0 Å². The molecule has 1 atom stereocenters. The van der Waals surface area contributed by atoms with Crippen LogP contribution in [0.5, 0.6) is 0 Å². The van der Waals surface area contributed by atoms with Gasteiger partial charge in [0.15, 0.2) is 0 Å². The minimum Gasteiger partial charge on any atom is -0.338 e. The number of piperidine rings is 1. The van der Waals surface area contributed by atoms with Crippen LogP contribution in [0.2, 0.25) is 0 Å². The van der Waals surface area contributed by atoms with E-state index in [-0.39, 0.29) is 0 Å². The first-order valence-corrected chi connectivity index (χ1v) is 8.18. The van der Waals surface area contributed by atoms with E-state index in [1.54, 1.807) is 11.3 Å². The molecule has 0 saturated carbocycles. The van der Waals surface area contributed by atoms with Crippen molar-refractivity contribution in [2.45, 2.75) is 32.7 Å². The Bertz CT molecular complexity index is 511. The maximum Gasteiger partial charge on any atom is 0.108 e. The lowest BCUT2D eigenvalue weighted by Gasteiger charge is -2.32. The van der Waals surface area contributed by atoms with Crippen molar-refractivity contribution in [3.05, 3.63) is 34.3 Å². The highest BCUT2D eigenvalue weighted by Crippen LogP contribution is 2.23. The average molecular weight is 290 g/mol. The molecule has 4 nitrogen and oxygen atoms in total. The molecular formula is C15H22N4S. The summed E-state index contributed by atoms with van der Waals surface area (Å²) in [7, 11) is 2.09. The summed E-state index contributed by atoms with van der Waals surface area (Å²) in [6.45, 7) is 5.58. The summed E-state index contributed by atoms with van der Waals surface area (Å²) < 4.78 is 2.15. The number of imidazole rings is 1. The fraction of sp³-hybridized carbons (Fsp3) is 0.600. The molecule has 1 aliphatic rings. The average Bonchev–Trinajstić information content (AvgIpc) is 3.01. The Kier molecular flexibility index (Phi) is 4.17. The molecule has 5 heteroatoms. The Balaban J connectivity index is 1.59. The number of thiazole rings is 1. The van der Waals surface area contributed by atoms with Crippen LogP contribution in [0.25, 0.3) is 0 Å². The first kappa shape index (κ1) is 13.8. The van der Waals surface area contributed by atoms with Crippen LogP contribution in [-0.4, -0.2) is 32.5 Å². The molecule has 0 unspecified atom stereocenters. The van der Waals surface area contributed by atoms with Crippen LogP contribution in [0.1, 0.15) is 29.2 Å². The van der Waals surface area contributed by atoms with E-state index in [0.717, 1.165) is 18.9 Å². The molecule has 1 aliphatic heterocycles. The SMILES string of the molecule is Cc1ncsc1CN1CCC[C@H](Cc2nccn2C)C1. The van der Waals surface area contributed by atoms with Gasteiger partial charge in [-0.3, -0.25) is 4.90 Å². The van der Waals surface area contributed by atoms with Crippen LogP contribution in [0.4, 0.5) is 0 Å². The van der Waals surface area contributed by atoms with Gasteiger partial charge < -0.3 is 4.57 Å². The van der Waals surface area contributed by atoms with E-state index in [9.17, 15) is 0 Å². The molecule has 0 aromatic carbocycles. The topological polar surface area (TPSA) is 34.0 Å². The van der Waals surface area contributed by atoms with Crippen LogP contribution >= 0.6 is 11.3 Å². The zero-order valence-corrected chi connectivity index (χ0v) is 13.1. The highest BCUT2D eigenvalue weighted by Gasteiger charge is 2.22. The zero-order chi connectivity index (χ0) is 13.9. The summed E-state index contributed by atoms with van der Waals surface area (Å²) in [6.07, 6.45) is 7.66. The van der Waals surface area contributed by atoms with Crippen molar-refractivity contribution in [3.8, 4) is 0 Å². The lowest BCUT2D eigenvalue weighted by Crippen LogP contribution is -2.36. The number of rotatable bonds is 4. The molecule has 0 amide bonds. The fourth-order valence-corrected chi connectivity index (χ4v) is 3.81. The summed E-state index contributed by atoms with van der Waals surface area (Å²) in [5.74, 6) is 1.95. The quantitative estimate of drug-likeness (QED) is 0.868. The van der Waals surface area contributed by atoms with Crippen LogP contribution in [0.3, 0.4) is 0 Å². The number of aromatic nitrogens is 3. The summed E-state index contributed by atoms with van der Waals surface area (Å²) in [5.41, 5.74) is 3.15. The van der Waals surface area contributed by atoms with Gasteiger partial charge >= 0.3 is 0 Å². The number of hydrogen-bond donors (Lipinski definition) is 0. The lowest BCUT2D eigenvalue weighted by atomic mass is 9.94. The smallest absolute Gasteiger partial charge is 0.108 e. The third kappa shape index (κ3) is 3.10. The van der Waals surface area contributed by atoms with Crippen molar-refractivity contribution < 1.29 is 0 Å². The normalized spacial score (nSPS) is 20.4. The molecule has 2 aromatic heterocycles. The predicted molar refractivity (Wildman–Crippen MR) is 81.8 cm³/mol. The van der Waals surface area contributed by atoms with E-state index in [0.29, 0.717) is 0 Å². The Morgan fingerprint density at radius 2 is 2.30 bits per heavy atom. The van der Waals surface area contributed by atoms with Crippen molar-refractivity contribution in [1.82, 2.24) is 19.4 Å². The van der Waals surface area contributed by atoms with Crippen molar-refractivity contribution in [3.63, 3.8) is 0 Å². The first-order chi connectivity index (χ1) is 9.72. The Morgan fingerprint density at radius 3 is 3.00 bits per heavy atom. The van der Waals surface area contributed by atoms with Crippen molar-refractivity contribution in [2.75, 3.05) is 13.1 Å². The maximum atomic E-state index is 4.46. The molecule has 3 rings (SSSR count). The zero-order valence-electron chi connectivity index (χ0n) is 12.2. The van der Waals surface area contributed by atoms with Crippen LogP contribution < -0.4 is 0 Å². The fourth-order valence-electron chi connectivity index (χ4n) is 2.99. The van der Waals surface area contributed by atoms with Gasteiger partial charge in [-0.25, -0.2) is 9.97 Å². The van der Waals surface area contributed by atoms with Crippen molar-refractivity contribution in [1.29, 1.82) is 0 Å². The molecule has 0 N–H and O–H groups in total. The third-order valence-corrected chi connectivity index (χ3v) is 5.13. The summed E-state index contributed by atoms with van der Waals surface area (Å²) >= 11 is 1.78. The molecule has 2 aromatic rings. The summed E-state index contributed by atoms with van der Waals surface area (Å²) in [6, 6.07) is 0. The molecule has 0 spiro atoms. The molecule has 0 radical (unpaired) electrons. The highest BCUT2D eigenvalue weighted by molar-refractivity contribution is 7.09. The molecule has 0 bridgehead atoms. The van der Waals surface area contributed by atoms with Gasteiger partial charge in [0.2, 0.25) is 0 Å². The van der Waals surface area contributed by atoms with Gasteiger partial charge in [0.1, 0.15) is 5.82 Å². The molecule has 1 fully saturated rings. The van der Waals surface area contributed by atoms with Crippen molar-refractivity contribution in [2.24, 2.45) is 13.0 Å². The number of aryl methyl sites for hydroxylation is 2. The Hall–Kier alpha value is -1.20. The second kappa shape index (κ2) is 6.06. The van der Waals surface area contributed by atoms with E-state index in [4.69, 9.17) is 0 Å². The van der Waals surface area contributed by atoms with Gasteiger partial charge in [-0.1, -0.05) is 0 Å². The van der Waals surface area contributed by atoms with Gasteiger partial charge in [-0.15, -0.1) is 11.3 Å². The largest absolute Gasteiger partial charge is 0.338 e. The second-order valence-electron chi connectivity index (χ2n) is 5.76. The van der Waals surface area contributed by atoms with Crippen LogP contribution in [-0.2, 0) is 20.0 Å². The van der Waals surface area contributed by atoms with E-state index in [1.165, 1.54) is 42.3 Å². The predicted octanol–water partition coefficient (Wildman–Crippen LogP) is 2.64. The standard InChI is InChI=1S/C15H22N4S/c1-12-14(20-11-17-12)10-19-6-3-4-13(9-19)8-15-16-5-7-18(15)2/h5,7,11,13H,3-4,6,8-10H2,1-2H3/t13-/m1/s1. The number of nitrogens with zero attached hydrogens (tertiary/aromatic N) is 4. The highest BCUT2D eigenvalue weighted by atomic mass is 32.1. The Labute approximate surface area is 124 Å². The molecule has 1 saturated heterocycles. The van der Waals surface area contributed by atoms with E-state index in [2.05, 4.69) is 33.4 Å². The van der Waals surface area contributed by atoms with Crippen molar-refractivity contribution >= 4 is 11.3 Å². The van der Waals surface area contributed by atoms with Crippen LogP contribution in [0.15, 0.2) is 17.9 Å². The first-order valence-electron chi connectivity index (χ1n) is 7.30. The van der Waals surface area contributed by atoms with Gasteiger partial charge in [0.05, 0.1) is 11.2 Å². The maximum absolute atomic E-state index is 4.46. The summed E-state index contributed by atoms with van der Waals surface area (Å²) in [4.78, 5) is 12.8. The molecular weight excluding hydrogens is 268 g/mol. The van der Waals surface area contributed by atoms with Gasteiger partial charge in [0, 0.05) is 43.8 Å². The van der Waals surface area contributed by atoms with Gasteiger partial charge in [-0.2, -0.15) is 0 Å². The minimum absolute atomic E-state index is 0.734. The second-order valence-corrected chi connectivity index (χ2v) is 6.70. The van der Waals surface area contributed by atoms with Crippen LogP contribution in [0, 0.1) is 12.8 Å². The Morgan fingerprint density at radius 1 is 1.40 bits per heavy atom.